The number of rotatable bonds is 8. The van der Waals surface area contributed by atoms with E-state index in [0.717, 1.165) is 30.8 Å². The Hall–Kier alpha value is -1.11. The number of nitrogens with zero attached hydrogens (tertiary/aromatic N) is 1. The Bertz CT molecular complexity index is 495. The van der Waals surface area contributed by atoms with Gasteiger partial charge in [-0.2, -0.15) is 11.8 Å². The van der Waals surface area contributed by atoms with Gasteiger partial charge in [0, 0.05) is 19.6 Å². The first-order chi connectivity index (χ1) is 11.2. The van der Waals surface area contributed by atoms with E-state index >= 15 is 0 Å². The molecule has 1 N–H and O–H groups in total. The minimum absolute atomic E-state index is 0.0188. The summed E-state index contributed by atoms with van der Waals surface area (Å²) in [4.78, 5) is 14.2. The smallest absolute Gasteiger partial charge is 0.230 e. The summed E-state index contributed by atoms with van der Waals surface area (Å²) in [6.45, 7) is 5.53. The second-order valence-electron chi connectivity index (χ2n) is 5.58. The fraction of sp³-hybridized carbons (Fsp3) is 0.588. The predicted molar refractivity (Wildman–Crippen MR) is 92.2 cm³/mol. The highest BCUT2D eigenvalue weighted by Crippen LogP contribution is 2.22. The van der Waals surface area contributed by atoms with Crippen molar-refractivity contribution in [2.75, 3.05) is 44.4 Å². The molecule has 1 unspecified atom stereocenters. The summed E-state index contributed by atoms with van der Waals surface area (Å²) in [5.41, 5.74) is 0.897. The quantitative estimate of drug-likeness (QED) is 0.738. The summed E-state index contributed by atoms with van der Waals surface area (Å²) in [6.07, 6.45) is 1.07. The largest absolute Gasteiger partial charge is 0.379 e. The molecule has 6 heteroatoms. The van der Waals surface area contributed by atoms with Crippen molar-refractivity contribution in [1.29, 1.82) is 0 Å². The van der Waals surface area contributed by atoms with Crippen molar-refractivity contribution < 1.29 is 13.9 Å². The van der Waals surface area contributed by atoms with Crippen molar-refractivity contribution in [1.82, 2.24) is 10.2 Å². The van der Waals surface area contributed by atoms with Crippen LogP contribution in [0.15, 0.2) is 24.3 Å². The van der Waals surface area contributed by atoms with E-state index in [4.69, 9.17) is 4.74 Å². The van der Waals surface area contributed by atoms with Crippen LogP contribution in [0.2, 0.25) is 0 Å². The Morgan fingerprint density at radius 3 is 2.91 bits per heavy atom. The number of carbonyl (C=O) groups excluding carboxylic acids is 1. The maximum atomic E-state index is 13.6. The number of nitrogens with one attached hydrogen (secondary N) is 1. The van der Waals surface area contributed by atoms with E-state index in [1.165, 1.54) is 6.07 Å². The monoisotopic (exact) mass is 340 g/mol. The van der Waals surface area contributed by atoms with Gasteiger partial charge in [0.05, 0.1) is 25.0 Å². The molecule has 0 spiro atoms. The van der Waals surface area contributed by atoms with Gasteiger partial charge in [0.25, 0.3) is 0 Å². The number of thioether (sulfide) groups is 1. The Balaban J connectivity index is 1.97. The molecule has 1 aromatic carbocycles. The highest BCUT2D eigenvalue weighted by molar-refractivity contribution is 7.99. The third-order valence-electron chi connectivity index (χ3n) is 3.79. The molecule has 0 radical (unpaired) electrons. The first-order valence-corrected chi connectivity index (χ1v) is 9.28. The lowest BCUT2D eigenvalue weighted by Gasteiger charge is -2.35. The van der Waals surface area contributed by atoms with Crippen molar-refractivity contribution in [3.8, 4) is 0 Å². The zero-order valence-electron chi connectivity index (χ0n) is 13.6. The van der Waals surface area contributed by atoms with E-state index in [9.17, 15) is 9.18 Å². The van der Waals surface area contributed by atoms with Crippen LogP contribution >= 0.6 is 11.8 Å². The van der Waals surface area contributed by atoms with Crippen molar-refractivity contribution >= 4 is 17.7 Å². The zero-order chi connectivity index (χ0) is 16.5. The molecule has 1 aromatic rings. The van der Waals surface area contributed by atoms with E-state index in [-0.39, 0.29) is 17.8 Å². The minimum atomic E-state index is -0.245. The summed E-state index contributed by atoms with van der Waals surface area (Å²) < 4.78 is 19.0. The van der Waals surface area contributed by atoms with Gasteiger partial charge in [-0.05, 0) is 29.9 Å². The number of ether oxygens (including phenoxy) is 1. The molecule has 1 heterocycles. The summed E-state index contributed by atoms with van der Waals surface area (Å²) in [6, 6.07) is 6.62. The van der Waals surface area contributed by atoms with Crippen LogP contribution in [0, 0.1) is 5.82 Å². The molecule has 128 valence electrons. The summed E-state index contributed by atoms with van der Waals surface area (Å²) in [7, 11) is 0. The molecule has 4 nitrogen and oxygen atoms in total. The highest BCUT2D eigenvalue weighted by Gasteiger charge is 2.23. The molecular weight excluding hydrogens is 315 g/mol. The fourth-order valence-electron chi connectivity index (χ4n) is 2.63. The van der Waals surface area contributed by atoms with Crippen molar-refractivity contribution in [3.05, 3.63) is 35.6 Å². The van der Waals surface area contributed by atoms with Gasteiger partial charge in [0.15, 0.2) is 0 Å². The maximum Gasteiger partial charge on any atom is 0.230 e. The van der Waals surface area contributed by atoms with Gasteiger partial charge in [-0.3, -0.25) is 9.69 Å². The van der Waals surface area contributed by atoms with Crippen LogP contribution in [-0.2, 0) is 9.53 Å². The van der Waals surface area contributed by atoms with Crippen molar-refractivity contribution in [2.45, 2.75) is 19.4 Å². The average molecular weight is 340 g/mol. The first-order valence-electron chi connectivity index (χ1n) is 8.12. The molecule has 1 aliphatic rings. The topological polar surface area (TPSA) is 41.6 Å². The second kappa shape index (κ2) is 9.90. The molecule has 1 saturated heterocycles. The summed E-state index contributed by atoms with van der Waals surface area (Å²) >= 11 is 1.64. The van der Waals surface area contributed by atoms with Gasteiger partial charge >= 0.3 is 0 Å². The van der Waals surface area contributed by atoms with E-state index in [1.54, 1.807) is 23.9 Å². The van der Waals surface area contributed by atoms with E-state index in [0.29, 0.717) is 25.5 Å². The molecule has 0 aliphatic carbocycles. The van der Waals surface area contributed by atoms with Crippen LogP contribution < -0.4 is 5.32 Å². The molecule has 0 bridgehead atoms. The Morgan fingerprint density at radius 2 is 2.22 bits per heavy atom. The summed E-state index contributed by atoms with van der Waals surface area (Å²) in [5, 5.41) is 2.99. The Morgan fingerprint density at radius 1 is 1.43 bits per heavy atom. The van der Waals surface area contributed by atoms with Crippen LogP contribution in [0.1, 0.15) is 24.9 Å². The van der Waals surface area contributed by atoms with Crippen LogP contribution in [0.25, 0.3) is 0 Å². The third-order valence-corrected chi connectivity index (χ3v) is 4.96. The lowest BCUT2D eigenvalue weighted by atomic mass is 10.0. The van der Waals surface area contributed by atoms with Crippen LogP contribution in [0.3, 0.4) is 0 Å². The van der Waals surface area contributed by atoms with Crippen LogP contribution in [-0.4, -0.2) is 55.2 Å². The van der Waals surface area contributed by atoms with Gasteiger partial charge in [0.1, 0.15) is 5.82 Å². The predicted octanol–water partition coefficient (Wildman–Crippen LogP) is 2.46. The van der Waals surface area contributed by atoms with Gasteiger partial charge in [0.2, 0.25) is 5.91 Å². The van der Waals surface area contributed by atoms with E-state index in [2.05, 4.69) is 17.1 Å². The number of benzene rings is 1. The molecule has 1 amide bonds. The Kier molecular flexibility index (Phi) is 7.85. The number of amides is 1. The third kappa shape index (κ3) is 6.12. The van der Waals surface area contributed by atoms with E-state index in [1.807, 2.05) is 6.07 Å². The summed E-state index contributed by atoms with van der Waals surface area (Å²) in [5.74, 6) is 1.26. The standard InChI is InChI=1S/C17H25FN2O2S/c1-2-10-23-13-17(21)19-12-16(20-6-8-22-9-7-20)14-4-3-5-15(18)11-14/h3-5,11,16H,2,6-10,12-13H2,1H3,(H,19,21). The number of halogens is 1. The highest BCUT2D eigenvalue weighted by atomic mass is 32.2. The maximum absolute atomic E-state index is 13.6. The van der Waals surface area contributed by atoms with Crippen LogP contribution in [0.4, 0.5) is 4.39 Å². The first kappa shape index (κ1) is 18.2. The Labute approximate surface area is 141 Å². The molecular formula is C17H25FN2O2S. The molecule has 1 aliphatic heterocycles. The SMILES string of the molecule is CCCSCC(=O)NCC(c1cccc(F)c1)N1CCOCC1. The number of morpholine rings is 1. The average Bonchev–Trinajstić information content (AvgIpc) is 2.56. The van der Waals surface area contributed by atoms with Gasteiger partial charge < -0.3 is 10.1 Å². The molecule has 0 saturated carbocycles. The molecule has 2 rings (SSSR count). The van der Waals surface area contributed by atoms with E-state index < -0.39 is 0 Å². The van der Waals surface area contributed by atoms with Gasteiger partial charge in [-0.15, -0.1) is 0 Å². The minimum Gasteiger partial charge on any atom is -0.379 e. The van der Waals surface area contributed by atoms with Crippen LogP contribution in [0.5, 0.6) is 0 Å². The van der Waals surface area contributed by atoms with Crippen molar-refractivity contribution in [3.63, 3.8) is 0 Å². The lowest BCUT2D eigenvalue weighted by molar-refractivity contribution is -0.118. The number of hydrogen-bond acceptors (Lipinski definition) is 4. The number of hydrogen-bond donors (Lipinski definition) is 1. The van der Waals surface area contributed by atoms with Gasteiger partial charge in [-0.1, -0.05) is 19.1 Å². The molecule has 1 fully saturated rings. The second-order valence-corrected chi connectivity index (χ2v) is 6.68. The van der Waals surface area contributed by atoms with Crippen molar-refractivity contribution in [2.24, 2.45) is 0 Å². The normalized spacial score (nSPS) is 17.0. The molecule has 1 atom stereocenters. The van der Waals surface area contributed by atoms with Gasteiger partial charge in [-0.25, -0.2) is 4.39 Å². The lowest BCUT2D eigenvalue weighted by Crippen LogP contribution is -2.44. The number of carbonyl (C=O) groups is 1. The molecule has 0 aromatic heterocycles. The fourth-order valence-corrected chi connectivity index (χ4v) is 3.35. The molecule has 23 heavy (non-hydrogen) atoms. The zero-order valence-corrected chi connectivity index (χ0v) is 14.4.